The molecule has 4 unspecified atom stereocenters. The third-order valence-corrected chi connectivity index (χ3v) is 8.30. The Morgan fingerprint density at radius 3 is 2.14 bits per heavy atom. The standard InChI is InChI=1S/C28H46/c1-18(2)13-14-27(11)17-25-26(9,10)24(20(5)6)16-28(25,12)15-23(22(27)8)21(7)19(3)4/h13,15,19-20,24-25H,7-8,14,16-17H2,1-6,9-12H3. The smallest absolute Gasteiger partial charge is 0.00375 e. The summed E-state index contributed by atoms with van der Waals surface area (Å²) >= 11 is 0. The lowest BCUT2D eigenvalue weighted by molar-refractivity contribution is 0.0901. The van der Waals surface area contributed by atoms with Gasteiger partial charge in [0.2, 0.25) is 0 Å². The minimum absolute atomic E-state index is 0.0898. The quantitative estimate of drug-likeness (QED) is 0.417. The molecule has 0 aromatic heterocycles. The molecule has 0 aromatic rings. The van der Waals surface area contributed by atoms with Crippen LogP contribution in [0.4, 0.5) is 0 Å². The highest BCUT2D eigenvalue weighted by atomic mass is 14.6. The third-order valence-electron chi connectivity index (χ3n) is 8.30. The van der Waals surface area contributed by atoms with E-state index in [0.29, 0.717) is 17.3 Å². The lowest BCUT2D eigenvalue weighted by atomic mass is 9.62. The zero-order chi connectivity index (χ0) is 21.7. The first-order valence-corrected chi connectivity index (χ1v) is 11.4. The Kier molecular flexibility index (Phi) is 6.36. The Balaban J connectivity index is 2.67. The van der Waals surface area contributed by atoms with Crippen LogP contribution in [0.15, 0.2) is 47.6 Å². The molecule has 0 saturated heterocycles. The molecule has 0 heterocycles. The maximum atomic E-state index is 4.69. The van der Waals surface area contributed by atoms with Gasteiger partial charge in [-0.3, -0.25) is 0 Å². The van der Waals surface area contributed by atoms with E-state index in [4.69, 9.17) is 6.58 Å². The van der Waals surface area contributed by atoms with E-state index in [1.807, 2.05) is 0 Å². The second kappa shape index (κ2) is 7.66. The molecule has 0 amide bonds. The van der Waals surface area contributed by atoms with E-state index < -0.39 is 0 Å². The largest absolute Gasteiger partial charge is 0.0950 e. The normalized spacial score (nSPS) is 34.9. The van der Waals surface area contributed by atoms with Crippen molar-refractivity contribution in [2.24, 2.45) is 39.9 Å². The zero-order valence-electron chi connectivity index (χ0n) is 20.5. The molecule has 0 radical (unpaired) electrons. The van der Waals surface area contributed by atoms with E-state index in [2.05, 4.69) is 88.0 Å². The van der Waals surface area contributed by atoms with Gasteiger partial charge in [0, 0.05) is 0 Å². The average molecular weight is 383 g/mol. The molecule has 0 N–H and O–H groups in total. The summed E-state index contributed by atoms with van der Waals surface area (Å²) in [5.41, 5.74) is 5.99. The maximum Gasteiger partial charge on any atom is -0.00375 e. The monoisotopic (exact) mass is 382 g/mol. The second-order valence-corrected chi connectivity index (χ2v) is 11.9. The van der Waals surface area contributed by atoms with Crippen molar-refractivity contribution < 1.29 is 0 Å². The maximum absolute atomic E-state index is 4.69. The van der Waals surface area contributed by atoms with Crippen molar-refractivity contribution in [2.75, 3.05) is 0 Å². The van der Waals surface area contributed by atoms with Gasteiger partial charge in [0.1, 0.15) is 0 Å². The summed E-state index contributed by atoms with van der Waals surface area (Å²) < 4.78 is 0. The van der Waals surface area contributed by atoms with Crippen molar-refractivity contribution in [2.45, 2.75) is 88.5 Å². The van der Waals surface area contributed by atoms with Gasteiger partial charge >= 0.3 is 0 Å². The van der Waals surface area contributed by atoms with Crippen LogP contribution in [-0.2, 0) is 0 Å². The predicted molar refractivity (Wildman–Crippen MR) is 126 cm³/mol. The van der Waals surface area contributed by atoms with E-state index in [0.717, 1.165) is 18.3 Å². The summed E-state index contributed by atoms with van der Waals surface area (Å²) in [6.45, 7) is 33.1. The first-order valence-electron chi connectivity index (χ1n) is 11.4. The summed E-state index contributed by atoms with van der Waals surface area (Å²) in [4.78, 5) is 0. The summed E-state index contributed by atoms with van der Waals surface area (Å²) in [5.74, 6) is 2.59. The molecule has 0 aliphatic heterocycles. The minimum atomic E-state index is 0.0898. The molecule has 0 bridgehead atoms. The lowest BCUT2D eigenvalue weighted by Gasteiger charge is -2.42. The predicted octanol–water partition coefficient (Wildman–Crippen LogP) is 8.77. The summed E-state index contributed by atoms with van der Waals surface area (Å²) in [6, 6.07) is 0. The van der Waals surface area contributed by atoms with Gasteiger partial charge in [-0.1, -0.05) is 86.3 Å². The Hall–Kier alpha value is -1.04. The molecule has 0 spiro atoms. The van der Waals surface area contributed by atoms with Crippen molar-refractivity contribution in [1.29, 1.82) is 0 Å². The number of allylic oxidation sites excluding steroid dienone is 6. The molecule has 28 heavy (non-hydrogen) atoms. The molecule has 0 nitrogen and oxygen atoms in total. The molecular formula is C28H46. The molecule has 158 valence electrons. The molecule has 1 fully saturated rings. The zero-order valence-corrected chi connectivity index (χ0v) is 20.5. The van der Waals surface area contributed by atoms with Gasteiger partial charge in [0.05, 0.1) is 0 Å². The Morgan fingerprint density at radius 2 is 1.68 bits per heavy atom. The van der Waals surface area contributed by atoms with Gasteiger partial charge in [0.15, 0.2) is 0 Å². The van der Waals surface area contributed by atoms with Crippen LogP contribution < -0.4 is 0 Å². The molecule has 4 atom stereocenters. The Bertz CT molecular complexity index is 692. The first kappa shape index (κ1) is 23.2. The van der Waals surface area contributed by atoms with Crippen LogP contribution >= 0.6 is 0 Å². The number of rotatable bonds is 5. The van der Waals surface area contributed by atoms with E-state index in [1.54, 1.807) is 0 Å². The van der Waals surface area contributed by atoms with Gasteiger partial charge in [-0.05, 0) is 89.7 Å². The van der Waals surface area contributed by atoms with Crippen molar-refractivity contribution in [3.8, 4) is 0 Å². The number of hydrogen-bond donors (Lipinski definition) is 0. The Morgan fingerprint density at radius 1 is 1.11 bits per heavy atom. The van der Waals surface area contributed by atoms with E-state index in [1.165, 1.54) is 35.1 Å². The van der Waals surface area contributed by atoms with Gasteiger partial charge in [-0.15, -0.1) is 0 Å². The molecule has 0 aromatic carbocycles. The van der Waals surface area contributed by atoms with Gasteiger partial charge < -0.3 is 0 Å². The minimum Gasteiger partial charge on any atom is -0.0950 e. The van der Waals surface area contributed by atoms with Crippen molar-refractivity contribution >= 4 is 0 Å². The molecule has 0 heteroatoms. The van der Waals surface area contributed by atoms with E-state index in [-0.39, 0.29) is 10.8 Å². The number of hydrogen-bond acceptors (Lipinski definition) is 0. The summed E-state index contributed by atoms with van der Waals surface area (Å²) in [5, 5.41) is 0. The fourth-order valence-electron chi connectivity index (χ4n) is 6.29. The summed E-state index contributed by atoms with van der Waals surface area (Å²) in [7, 11) is 0. The molecule has 2 aliphatic carbocycles. The fraction of sp³-hybridized carbons (Fsp3) is 0.714. The van der Waals surface area contributed by atoms with E-state index in [9.17, 15) is 0 Å². The van der Waals surface area contributed by atoms with Crippen LogP contribution in [-0.4, -0.2) is 0 Å². The molecule has 2 aliphatic rings. The highest BCUT2D eigenvalue weighted by molar-refractivity contribution is 5.51. The van der Waals surface area contributed by atoms with Crippen LogP contribution in [0, 0.1) is 39.9 Å². The Labute approximate surface area is 176 Å². The molecular weight excluding hydrogens is 336 g/mol. The first-order chi connectivity index (χ1) is 12.7. The van der Waals surface area contributed by atoms with Crippen LogP contribution in [0.3, 0.4) is 0 Å². The van der Waals surface area contributed by atoms with Crippen LogP contribution in [0.1, 0.15) is 88.5 Å². The van der Waals surface area contributed by atoms with Crippen molar-refractivity contribution in [3.63, 3.8) is 0 Å². The van der Waals surface area contributed by atoms with Crippen LogP contribution in [0.2, 0.25) is 0 Å². The summed E-state index contributed by atoms with van der Waals surface area (Å²) in [6.07, 6.45) is 8.61. The van der Waals surface area contributed by atoms with Crippen molar-refractivity contribution in [3.05, 3.63) is 47.6 Å². The molecule has 2 rings (SSSR count). The van der Waals surface area contributed by atoms with Crippen LogP contribution in [0.25, 0.3) is 0 Å². The molecule has 1 saturated carbocycles. The average Bonchev–Trinajstić information content (AvgIpc) is 2.71. The van der Waals surface area contributed by atoms with Gasteiger partial charge in [-0.2, -0.15) is 0 Å². The van der Waals surface area contributed by atoms with E-state index >= 15 is 0 Å². The SMILES string of the molecule is C=C(C1=CC2(C)CC(C(C)C)C(C)(C)C2CC(C)(CC=C(C)C)C1=C)C(C)C. The highest BCUT2D eigenvalue weighted by Gasteiger charge is 2.58. The van der Waals surface area contributed by atoms with Crippen LogP contribution in [0.5, 0.6) is 0 Å². The fourth-order valence-corrected chi connectivity index (χ4v) is 6.29. The highest BCUT2D eigenvalue weighted by Crippen LogP contribution is 2.66. The van der Waals surface area contributed by atoms with Gasteiger partial charge in [0.25, 0.3) is 0 Å². The third kappa shape index (κ3) is 3.99. The topological polar surface area (TPSA) is 0 Å². The van der Waals surface area contributed by atoms with Gasteiger partial charge in [-0.25, -0.2) is 0 Å². The lowest BCUT2D eigenvalue weighted by Crippen LogP contribution is -2.35. The number of fused-ring (bicyclic) bond motifs is 1. The van der Waals surface area contributed by atoms with Crippen molar-refractivity contribution in [1.82, 2.24) is 0 Å². The second-order valence-electron chi connectivity index (χ2n) is 11.9.